The predicted octanol–water partition coefficient (Wildman–Crippen LogP) is 2.53. The minimum atomic E-state index is -0.0432. The topological polar surface area (TPSA) is 66.9 Å². The van der Waals surface area contributed by atoms with Crippen LogP contribution in [-0.2, 0) is 0 Å². The molecule has 22 heavy (non-hydrogen) atoms. The Morgan fingerprint density at radius 1 is 1.32 bits per heavy atom. The fraction of sp³-hybridized carbons (Fsp3) is 0.357. The van der Waals surface area contributed by atoms with Crippen molar-refractivity contribution in [1.82, 2.24) is 20.6 Å². The van der Waals surface area contributed by atoms with Gasteiger partial charge in [0.05, 0.1) is 11.9 Å². The van der Waals surface area contributed by atoms with E-state index in [1.807, 2.05) is 18.2 Å². The summed E-state index contributed by atoms with van der Waals surface area (Å²) in [6.07, 6.45) is 5.49. The summed E-state index contributed by atoms with van der Waals surface area (Å²) in [5.41, 5.74) is 0.802. The highest BCUT2D eigenvalue weighted by Crippen LogP contribution is 2.23. The summed E-state index contributed by atoms with van der Waals surface area (Å²) in [6, 6.07) is 5.89. The molecule has 1 fully saturated rings. The highest BCUT2D eigenvalue weighted by atomic mass is 35.5. The summed E-state index contributed by atoms with van der Waals surface area (Å²) in [7, 11) is 0. The zero-order valence-electron chi connectivity index (χ0n) is 11.8. The maximum absolute atomic E-state index is 12.2. The Morgan fingerprint density at radius 2 is 2.18 bits per heavy atom. The van der Waals surface area contributed by atoms with Gasteiger partial charge < -0.3 is 10.6 Å². The average molecular weight is 361 g/mol. The number of aromatic nitrogens is 2. The van der Waals surface area contributed by atoms with Crippen molar-refractivity contribution in [3.8, 4) is 10.7 Å². The molecule has 0 aliphatic carbocycles. The lowest BCUT2D eigenvalue weighted by Gasteiger charge is -2.23. The number of carbonyl (C=O) groups excluding carboxylic acids is 1. The van der Waals surface area contributed by atoms with Crippen LogP contribution in [0.4, 0.5) is 0 Å². The van der Waals surface area contributed by atoms with Gasteiger partial charge >= 0.3 is 0 Å². The summed E-state index contributed by atoms with van der Waals surface area (Å²) >= 11 is 1.38. The molecule has 1 aliphatic heterocycles. The molecule has 0 spiro atoms. The van der Waals surface area contributed by atoms with Crippen LogP contribution in [0, 0.1) is 0 Å². The first-order chi connectivity index (χ1) is 9.83. The van der Waals surface area contributed by atoms with Crippen molar-refractivity contribution in [2.75, 3.05) is 13.1 Å². The van der Waals surface area contributed by atoms with Crippen LogP contribution in [-0.4, -0.2) is 35.0 Å². The van der Waals surface area contributed by atoms with Crippen LogP contribution < -0.4 is 10.6 Å². The number of nitrogens with one attached hydrogen (secondary N) is 2. The SMILES string of the molecule is Cl.Cl.O=C(N[C@H]1CCCNC1)c1cnc(-c2ccccn2)s1. The summed E-state index contributed by atoms with van der Waals surface area (Å²) in [4.78, 5) is 21.3. The number of pyridine rings is 1. The molecule has 3 heterocycles. The normalized spacial score (nSPS) is 17.0. The molecule has 0 saturated carbocycles. The maximum Gasteiger partial charge on any atom is 0.263 e. The third-order valence-corrected chi connectivity index (χ3v) is 4.26. The lowest BCUT2D eigenvalue weighted by atomic mass is 10.1. The van der Waals surface area contributed by atoms with E-state index < -0.39 is 0 Å². The van der Waals surface area contributed by atoms with Crippen molar-refractivity contribution < 1.29 is 4.79 Å². The van der Waals surface area contributed by atoms with E-state index in [0.29, 0.717) is 4.88 Å². The van der Waals surface area contributed by atoms with E-state index >= 15 is 0 Å². The van der Waals surface area contributed by atoms with Gasteiger partial charge in [-0.2, -0.15) is 0 Å². The van der Waals surface area contributed by atoms with E-state index in [0.717, 1.165) is 36.6 Å². The Balaban J connectivity index is 0.00000121. The lowest BCUT2D eigenvalue weighted by Crippen LogP contribution is -2.45. The smallest absolute Gasteiger partial charge is 0.263 e. The van der Waals surface area contributed by atoms with Crippen LogP contribution in [0.15, 0.2) is 30.6 Å². The molecule has 2 N–H and O–H groups in total. The first-order valence-electron chi connectivity index (χ1n) is 6.72. The Kier molecular flexibility index (Phi) is 7.75. The quantitative estimate of drug-likeness (QED) is 0.882. The third-order valence-electron chi connectivity index (χ3n) is 3.25. The summed E-state index contributed by atoms with van der Waals surface area (Å²) < 4.78 is 0. The molecule has 3 rings (SSSR count). The van der Waals surface area contributed by atoms with Crippen molar-refractivity contribution >= 4 is 42.1 Å². The predicted molar refractivity (Wildman–Crippen MR) is 93.2 cm³/mol. The number of halogens is 2. The second-order valence-electron chi connectivity index (χ2n) is 4.76. The van der Waals surface area contributed by atoms with E-state index in [9.17, 15) is 4.79 Å². The van der Waals surface area contributed by atoms with Gasteiger partial charge in [-0.15, -0.1) is 36.2 Å². The Hall–Kier alpha value is -1.21. The second kappa shape index (κ2) is 9.05. The van der Waals surface area contributed by atoms with Gasteiger partial charge in [0.25, 0.3) is 5.91 Å². The van der Waals surface area contributed by atoms with Gasteiger partial charge in [0.1, 0.15) is 9.88 Å². The van der Waals surface area contributed by atoms with Gasteiger partial charge in [0.15, 0.2) is 0 Å². The molecule has 0 bridgehead atoms. The van der Waals surface area contributed by atoms with Crippen LogP contribution in [0.2, 0.25) is 0 Å². The summed E-state index contributed by atoms with van der Waals surface area (Å²) in [5, 5.41) is 7.11. The average Bonchev–Trinajstić information content (AvgIpc) is 2.99. The standard InChI is InChI=1S/C14H16N4OS.2ClH/c19-13(18-10-4-3-6-15-8-10)12-9-17-14(20-12)11-5-1-2-7-16-11;;/h1-2,5,7,9-10,15H,3-4,6,8H2,(H,18,19);2*1H/t10-;;/m0../s1. The minimum Gasteiger partial charge on any atom is -0.347 e. The molecule has 0 radical (unpaired) electrons. The Morgan fingerprint density at radius 3 is 2.86 bits per heavy atom. The number of rotatable bonds is 3. The Bertz CT molecular complexity index is 588. The summed E-state index contributed by atoms with van der Waals surface area (Å²) in [6.45, 7) is 1.88. The number of amides is 1. The molecule has 120 valence electrons. The molecule has 5 nitrogen and oxygen atoms in total. The molecule has 2 aromatic rings. The number of piperidine rings is 1. The monoisotopic (exact) mass is 360 g/mol. The number of hydrogen-bond donors (Lipinski definition) is 2. The van der Waals surface area contributed by atoms with Crippen LogP contribution in [0.3, 0.4) is 0 Å². The van der Waals surface area contributed by atoms with E-state index in [4.69, 9.17) is 0 Å². The zero-order valence-corrected chi connectivity index (χ0v) is 14.3. The molecule has 1 aliphatic rings. The summed E-state index contributed by atoms with van der Waals surface area (Å²) in [5.74, 6) is -0.0432. The fourth-order valence-electron chi connectivity index (χ4n) is 2.22. The molecular weight excluding hydrogens is 343 g/mol. The molecule has 1 amide bonds. The molecule has 1 saturated heterocycles. The van der Waals surface area contributed by atoms with E-state index in [1.54, 1.807) is 12.4 Å². The van der Waals surface area contributed by atoms with Gasteiger partial charge in [-0.25, -0.2) is 4.98 Å². The molecule has 8 heteroatoms. The van der Waals surface area contributed by atoms with E-state index in [2.05, 4.69) is 20.6 Å². The highest BCUT2D eigenvalue weighted by molar-refractivity contribution is 7.16. The first kappa shape index (κ1) is 18.8. The van der Waals surface area contributed by atoms with Gasteiger partial charge in [-0.3, -0.25) is 9.78 Å². The molecule has 1 atom stereocenters. The molecular formula is C14H18Cl2N4OS. The fourth-order valence-corrected chi connectivity index (χ4v) is 3.01. The number of carbonyl (C=O) groups is 1. The molecule has 0 unspecified atom stereocenters. The van der Waals surface area contributed by atoms with Crippen LogP contribution in [0.1, 0.15) is 22.5 Å². The van der Waals surface area contributed by atoms with Crippen LogP contribution in [0.25, 0.3) is 10.7 Å². The van der Waals surface area contributed by atoms with Gasteiger partial charge in [-0.05, 0) is 31.5 Å². The van der Waals surface area contributed by atoms with Gasteiger partial charge in [0, 0.05) is 18.8 Å². The van der Waals surface area contributed by atoms with Crippen LogP contribution >= 0.6 is 36.2 Å². The minimum absolute atomic E-state index is 0. The van der Waals surface area contributed by atoms with Crippen molar-refractivity contribution in [1.29, 1.82) is 0 Å². The van der Waals surface area contributed by atoms with Crippen LogP contribution in [0.5, 0.6) is 0 Å². The number of nitrogens with zero attached hydrogens (tertiary/aromatic N) is 2. The van der Waals surface area contributed by atoms with Gasteiger partial charge in [-0.1, -0.05) is 6.07 Å². The number of hydrogen-bond acceptors (Lipinski definition) is 5. The second-order valence-corrected chi connectivity index (χ2v) is 5.79. The molecule has 0 aromatic carbocycles. The maximum atomic E-state index is 12.2. The van der Waals surface area contributed by atoms with Crippen molar-refractivity contribution in [3.05, 3.63) is 35.5 Å². The van der Waals surface area contributed by atoms with E-state index in [1.165, 1.54) is 11.3 Å². The molecule has 2 aromatic heterocycles. The third kappa shape index (κ3) is 4.64. The van der Waals surface area contributed by atoms with Crippen molar-refractivity contribution in [2.24, 2.45) is 0 Å². The Labute approximate surface area is 145 Å². The van der Waals surface area contributed by atoms with Gasteiger partial charge in [0.2, 0.25) is 0 Å². The van der Waals surface area contributed by atoms with E-state index in [-0.39, 0.29) is 36.8 Å². The lowest BCUT2D eigenvalue weighted by molar-refractivity contribution is 0.0934. The first-order valence-corrected chi connectivity index (χ1v) is 7.53. The number of thiazole rings is 1. The zero-order chi connectivity index (χ0) is 13.8. The highest BCUT2D eigenvalue weighted by Gasteiger charge is 2.18. The van der Waals surface area contributed by atoms with Crippen molar-refractivity contribution in [2.45, 2.75) is 18.9 Å². The van der Waals surface area contributed by atoms with Crippen molar-refractivity contribution in [3.63, 3.8) is 0 Å². The largest absolute Gasteiger partial charge is 0.347 e.